The van der Waals surface area contributed by atoms with Gasteiger partial charge in [0.15, 0.2) is 6.33 Å². The van der Waals surface area contributed by atoms with E-state index in [1.54, 1.807) is 13.3 Å². The van der Waals surface area contributed by atoms with Gasteiger partial charge in [-0.25, -0.2) is 9.97 Å². The highest BCUT2D eigenvalue weighted by Gasteiger charge is 2.43. The van der Waals surface area contributed by atoms with E-state index in [0.29, 0.717) is 28.8 Å². The Bertz CT molecular complexity index is 1300. The third-order valence-corrected chi connectivity index (χ3v) is 5.83. The van der Waals surface area contributed by atoms with Crippen molar-refractivity contribution in [2.45, 2.75) is 25.5 Å². The normalized spacial score (nSPS) is 15.0. The molecular weight excluding hydrogens is 447 g/mol. The van der Waals surface area contributed by atoms with E-state index in [2.05, 4.69) is 25.8 Å². The van der Waals surface area contributed by atoms with Crippen LogP contribution in [0.4, 0.5) is 17.3 Å². The largest absolute Gasteiger partial charge is 0.496 e. The maximum absolute atomic E-state index is 10.1. The predicted octanol–water partition coefficient (Wildman–Crippen LogP) is 3.02. The van der Waals surface area contributed by atoms with Gasteiger partial charge in [0.1, 0.15) is 11.6 Å². The number of fused-ring (bicyclic) bond motifs is 1. The highest BCUT2D eigenvalue weighted by atomic mass is 16.6. The maximum Gasteiger partial charge on any atom is 0.496 e. The number of benzene rings is 1. The monoisotopic (exact) mass is 472 g/mol. The average Bonchev–Trinajstić information content (AvgIpc) is 3.49. The fourth-order valence-corrected chi connectivity index (χ4v) is 4.12. The Morgan fingerprint density at radius 2 is 1.94 bits per heavy atom. The van der Waals surface area contributed by atoms with E-state index in [-0.39, 0.29) is 12.6 Å². The van der Waals surface area contributed by atoms with Gasteiger partial charge >= 0.3 is 7.12 Å². The fraction of sp³-hybridized carbons (Fsp3) is 0.250. The number of nitrogens with zero attached hydrogens (tertiary/aromatic N) is 4. The third-order valence-electron chi connectivity index (χ3n) is 5.83. The summed E-state index contributed by atoms with van der Waals surface area (Å²) in [7, 11) is 1.16. The number of pyridine rings is 2. The summed E-state index contributed by atoms with van der Waals surface area (Å²) >= 11 is 0. The lowest BCUT2D eigenvalue weighted by atomic mass is 9.80. The van der Waals surface area contributed by atoms with Crippen LogP contribution >= 0.6 is 0 Å². The second-order valence-electron chi connectivity index (χ2n) is 8.61. The molecule has 0 amide bonds. The van der Waals surface area contributed by atoms with Gasteiger partial charge < -0.3 is 29.6 Å². The minimum absolute atomic E-state index is 0.111. The molecule has 3 aromatic heterocycles. The zero-order chi connectivity index (χ0) is 24.4. The zero-order valence-electron chi connectivity index (χ0n) is 19.6. The first-order valence-corrected chi connectivity index (χ1v) is 11.2. The summed E-state index contributed by atoms with van der Waals surface area (Å²) in [5.74, 6) is 1.48. The molecule has 10 nitrogen and oxygen atoms in total. The van der Waals surface area contributed by atoms with Crippen LogP contribution in [0.2, 0.25) is 0 Å². The quantitative estimate of drug-likeness (QED) is 0.329. The summed E-state index contributed by atoms with van der Waals surface area (Å²) in [6.45, 7) is 3.81. The van der Waals surface area contributed by atoms with E-state index in [0.717, 1.165) is 16.7 Å². The molecule has 3 N–H and O–H groups in total. The highest BCUT2D eigenvalue weighted by Crippen LogP contribution is 2.33. The highest BCUT2D eigenvalue weighted by molar-refractivity contribution is 6.63. The molecule has 11 heteroatoms. The first-order valence-electron chi connectivity index (χ1n) is 11.2. The summed E-state index contributed by atoms with van der Waals surface area (Å²) in [5.41, 5.74) is 3.34. The summed E-state index contributed by atoms with van der Waals surface area (Å²) in [6, 6.07) is 15.0. The summed E-state index contributed by atoms with van der Waals surface area (Å²) in [4.78, 5) is 13.4. The molecule has 0 spiro atoms. The number of hydrogen-bond acceptors (Lipinski definition) is 10. The maximum atomic E-state index is 10.1. The van der Waals surface area contributed by atoms with E-state index >= 15 is 0 Å². The molecule has 1 aliphatic heterocycles. The first-order chi connectivity index (χ1) is 17.0. The van der Waals surface area contributed by atoms with Crippen molar-refractivity contribution in [2.75, 3.05) is 24.4 Å². The van der Waals surface area contributed by atoms with Crippen molar-refractivity contribution in [3.05, 3.63) is 72.3 Å². The summed E-state index contributed by atoms with van der Waals surface area (Å²) < 4.78 is 16.7. The van der Waals surface area contributed by atoms with Crippen LogP contribution in [-0.2, 0) is 14.9 Å². The summed E-state index contributed by atoms with van der Waals surface area (Å²) in [5, 5.41) is 20.4. The minimum Gasteiger partial charge on any atom is -0.410 e. The Labute approximate surface area is 202 Å². The van der Waals surface area contributed by atoms with Gasteiger partial charge in [-0.1, -0.05) is 41.6 Å². The second kappa shape index (κ2) is 9.45. The lowest BCUT2D eigenvalue weighted by Gasteiger charge is -2.21. The van der Waals surface area contributed by atoms with Gasteiger partial charge in [-0.05, 0) is 25.5 Å². The van der Waals surface area contributed by atoms with Crippen LogP contribution in [0.1, 0.15) is 31.1 Å². The number of anilines is 3. The smallest absolute Gasteiger partial charge is 0.410 e. The second-order valence-corrected chi connectivity index (χ2v) is 8.61. The van der Waals surface area contributed by atoms with Crippen molar-refractivity contribution in [1.29, 1.82) is 0 Å². The van der Waals surface area contributed by atoms with Gasteiger partial charge in [0, 0.05) is 24.8 Å². The Kier molecular flexibility index (Phi) is 6.20. The van der Waals surface area contributed by atoms with Crippen LogP contribution < -0.4 is 16.1 Å². The lowest BCUT2D eigenvalue weighted by Crippen LogP contribution is -2.31. The van der Waals surface area contributed by atoms with Crippen molar-refractivity contribution in [3.8, 4) is 11.5 Å². The van der Waals surface area contributed by atoms with Gasteiger partial charge in [-0.15, -0.1) is 0 Å². The fourth-order valence-electron chi connectivity index (χ4n) is 4.12. The summed E-state index contributed by atoms with van der Waals surface area (Å²) in [6.07, 6.45) is 2.97. The number of aliphatic hydroxyl groups excluding tert-OH is 1. The average molecular weight is 472 g/mol. The minimum atomic E-state index is -0.584. The Balaban J connectivity index is 1.47. The van der Waals surface area contributed by atoms with Crippen LogP contribution in [0.15, 0.2) is 65.6 Å². The van der Waals surface area contributed by atoms with Crippen LogP contribution in [0.3, 0.4) is 0 Å². The van der Waals surface area contributed by atoms with Crippen molar-refractivity contribution in [1.82, 2.24) is 20.1 Å². The Hall–Kier alpha value is -3.80. The topological polar surface area (TPSA) is 127 Å². The molecule has 4 aromatic rings. The Morgan fingerprint density at radius 3 is 2.66 bits per heavy atom. The SMILES string of the molecule is COB1OC(C)(C)c2nc(Nc3cc(N[C@H](CO)c4ccccc4)c(-c4ncno4)cn3)ccc21. The molecule has 178 valence electrons. The van der Waals surface area contributed by atoms with E-state index in [1.165, 1.54) is 6.33 Å². The number of rotatable bonds is 8. The molecule has 0 aliphatic carbocycles. The molecule has 0 unspecified atom stereocenters. The van der Waals surface area contributed by atoms with E-state index in [1.807, 2.05) is 62.4 Å². The predicted molar refractivity (Wildman–Crippen MR) is 131 cm³/mol. The van der Waals surface area contributed by atoms with Crippen LogP contribution in [-0.4, -0.2) is 46.1 Å². The molecule has 0 saturated heterocycles. The zero-order valence-corrected chi connectivity index (χ0v) is 19.6. The first kappa shape index (κ1) is 23.0. The molecule has 1 aromatic carbocycles. The number of hydrogen-bond donors (Lipinski definition) is 3. The molecule has 0 fully saturated rings. The van der Waals surface area contributed by atoms with Crippen LogP contribution in [0.5, 0.6) is 0 Å². The number of aliphatic hydroxyl groups is 1. The van der Waals surface area contributed by atoms with E-state index in [9.17, 15) is 5.11 Å². The molecule has 35 heavy (non-hydrogen) atoms. The van der Waals surface area contributed by atoms with Crippen molar-refractivity contribution >= 4 is 29.9 Å². The van der Waals surface area contributed by atoms with E-state index in [4.69, 9.17) is 18.8 Å². The standard InChI is InChI=1S/C24H25BN6O4/c1-24(2)22-17(25(33-3)35-24)9-10-20(31-22)30-21-11-18(16(12-26-21)23-27-14-28-34-23)29-19(13-32)15-7-5-4-6-8-15/h4-12,14,19,32H,13H2,1-3H3,(H2,26,29,30,31)/t19-/m1/s1. The van der Waals surface area contributed by atoms with Crippen molar-refractivity contribution < 1.29 is 18.9 Å². The van der Waals surface area contributed by atoms with Crippen LogP contribution in [0.25, 0.3) is 11.5 Å². The van der Waals surface area contributed by atoms with Crippen molar-refractivity contribution in [3.63, 3.8) is 0 Å². The molecular formula is C24H25BN6O4. The molecule has 5 rings (SSSR count). The molecule has 0 saturated carbocycles. The molecule has 0 radical (unpaired) electrons. The molecule has 1 aliphatic rings. The van der Waals surface area contributed by atoms with Gasteiger partial charge in [-0.2, -0.15) is 4.98 Å². The van der Waals surface area contributed by atoms with Crippen LogP contribution in [0, 0.1) is 0 Å². The molecule has 4 heterocycles. The lowest BCUT2D eigenvalue weighted by molar-refractivity contribution is 0.0895. The van der Waals surface area contributed by atoms with Gasteiger partial charge in [0.25, 0.3) is 5.89 Å². The molecule has 1 atom stereocenters. The molecule has 0 bridgehead atoms. The number of nitrogens with one attached hydrogen (secondary N) is 2. The third kappa shape index (κ3) is 4.61. The number of aromatic nitrogens is 4. The van der Waals surface area contributed by atoms with Gasteiger partial charge in [0.05, 0.1) is 35.2 Å². The Morgan fingerprint density at radius 1 is 1.11 bits per heavy atom. The van der Waals surface area contributed by atoms with Crippen molar-refractivity contribution in [2.24, 2.45) is 0 Å². The van der Waals surface area contributed by atoms with Gasteiger partial charge in [-0.3, -0.25) is 0 Å². The van der Waals surface area contributed by atoms with Gasteiger partial charge in [0.2, 0.25) is 0 Å². The van der Waals surface area contributed by atoms with E-state index < -0.39 is 12.7 Å².